The Balaban J connectivity index is 3.15. The van der Waals surface area contributed by atoms with Crippen LogP contribution < -0.4 is 0 Å². The number of nitrogens with zero attached hydrogens (tertiary/aromatic N) is 2. The third-order valence-corrected chi connectivity index (χ3v) is 1.58. The van der Waals surface area contributed by atoms with Crippen molar-refractivity contribution in [2.75, 3.05) is 14.2 Å². The highest BCUT2D eigenvalue weighted by molar-refractivity contribution is 5.72. The number of rotatable bonds is 1. The molecule has 1 rings (SSSR count). The van der Waals surface area contributed by atoms with Crippen molar-refractivity contribution in [2.45, 2.75) is 0 Å². The molecule has 0 fully saturated rings. The molecule has 0 atom stereocenters. The Morgan fingerprint density at radius 1 is 1.53 bits per heavy atom. The smallest absolute Gasteiger partial charge is 0.388 e. The van der Waals surface area contributed by atoms with E-state index >= 15 is 0 Å². The van der Waals surface area contributed by atoms with Crippen molar-refractivity contribution >= 4 is 11.8 Å². The van der Waals surface area contributed by atoms with Gasteiger partial charge in [-0.15, -0.1) is 0 Å². The van der Waals surface area contributed by atoms with E-state index in [4.69, 9.17) is 14.7 Å². The molecule has 1 radical (unpaired) electrons. The topological polar surface area (TPSA) is 54.6 Å². The van der Waals surface area contributed by atoms with Crippen molar-refractivity contribution in [1.82, 2.24) is 0 Å². The quantitative estimate of drug-likeness (QED) is 0.521. The van der Waals surface area contributed by atoms with Gasteiger partial charge in [-0.1, -0.05) is 0 Å². The first-order valence-corrected chi connectivity index (χ1v) is 3.99. The van der Waals surface area contributed by atoms with Gasteiger partial charge in [0.2, 0.25) is 0 Å². The van der Waals surface area contributed by atoms with Gasteiger partial charge < -0.3 is 9.47 Å². The molecule has 0 aliphatic heterocycles. The Kier molecular flexibility index (Phi) is 3.63. The van der Waals surface area contributed by atoms with Crippen LogP contribution in [0.3, 0.4) is 0 Å². The minimum Gasteiger partial charge on any atom is -0.454 e. The van der Waals surface area contributed by atoms with E-state index in [-0.39, 0.29) is 17.3 Å². The first kappa shape index (κ1) is 11.0. The normalized spacial score (nSPS) is 8.93. The molecule has 0 aliphatic carbocycles. The van der Waals surface area contributed by atoms with Gasteiger partial charge in [-0.05, 0) is 12.1 Å². The molecular weight excluding hydrogens is 199 g/mol. The Morgan fingerprint density at radius 3 is 2.73 bits per heavy atom. The summed E-state index contributed by atoms with van der Waals surface area (Å²) in [5.74, 6) is -0.609. The molecule has 0 saturated carbocycles. The van der Waals surface area contributed by atoms with E-state index in [2.05, 4.69) is 11.1 Å². The SMILES string of the molecule is COC(=Nc1c[c]c(F)cc1C#N)OC. The van der Waals surface area contributed by atoms with Gasteiger partial charge in [0.15, 0.2) is 0 Å². The zero-order chi connectivity index (χ0) is 11.3. The number of nitriles is 1. The van der Waals surface area contributed by atoms with E-state index in [1.165, 1.54) is 20.3 Å². The van der Waals surface area contributed by atoms with E-state index < -0.39 is 5.82 Å². The number of halogens is 1. The molecular formula is C10H8FN2O2. The van der Waals surface area contributed by atoms with Crippen LogP contribution in [0, 0.1) is 23.2 Å². The zero-order valence-electron chi connectivity index (χ0n) is 8.24. The summed E-state index contributed by atoms with van der Waals surface area (Å²) < 4.78 is 22.2. The lowest BCUT2D eigenvalue weighted by Crippen LogP contribution is -2.02. The van der Waals surface area contributed by atoms with Crippen LogP contribution in [-0.4, -0.2) is 20.3 Å². The van der Waals surface area contributed by atoms with Crippen LogP contribution in [0.15, 0.2) is 17.1 Å². The van der Waals surface area contributed by atoms with Crippen molar-refractivity contribution in [1.29, 1.82) is 5.26 Å². The number of hydrogen-bond acceptors (Lipinski definition) is 4. The van der Waals surface area contributed by atoms with Gasteiger partial charge in [0.1, 0.15) is 11.9 Å². The Morgan fingerprint density at radius 2 is 2.20 bits per heavy atom. The molecule has 0 amide bonds. The third kappa shape index (κ3) is 2.68. The summed E-state index contributed by atoms with van der Waals surface area (Å²) in [7, 11) is 2.75. The van der Waals surface area contributed by atoms with Gasteiger partial charge in [0.25, 0.3) is 0 Å². The summed E-state index contributed by atoms with van der Waals surface area (Å²) in [6.45, 7) is 0. The summed E-state index contributed by atoms with van der Waals surface area (Å²) in [5.41, 5.74) is 0.343. The number of methoxy groups -OCH3 is 2. The van der Waals surface area contributed by atoms with Crippen molar-refractivity contribution in [3.05, 3.63) is 29.6 Å². The van der Waals surface area contributed by atoms with E-state index in [0.29, 0.717) is 0 Å². The average molecular weight is 207 g/mol. The highest BCUT2D eigenvalue weighted by atomic mass is 19.1. The lowest BCUT2D eigenvalue weighted by atomic mass is 10.2. The largest absolute Gasteiger partial charge is 0.454 e. The molecule has 77 valence electrons. The van der Waals surface area contributed by atoms with Gasteiger partial charge in [-0.3, -0.25) is 0 Å². The number of benzene rings is 1. The van der Waals surface area contributed by atoms with Crippen molar-refractivity contribution in [2.24, 2.45) is 4.99 Å². The first-order valence-electron chi connectivity index (χ1n) is 3.99. The van der Waals surface area contributed by atoms with E-state index in [1.54, 1.807) is 0 Å². The van der Waals surface area contributed by atoms with Crippen LogP contribution in [0.25, 0.3) is 0 Å². The lowest BCUT2D eigenvalue weighted by Gasteiger charge is -2.02. The number of hydrogen-bond donors (Lipinski definition) is 0. The molecule has 0 spiro atoms. The molecule has 1 aromatic carbocycles. The maximum atomic E-state index is 12.7. The Hall–Kier alpha value is -2.09. The highest BCUT2D eigenvalue weighted by Crippen LogP contribution is 2.19. The summed E-state index contributed by atoms with van der Waals surface area (Å²) in [6.07, 6.45) is -0.00786. The predicted octanol–water partition coefficient (Wildman–Crippen LogP) is 1.78. The maximum absolute atomic E-state index is 12.7. The molecule has 0 aromatic heterocycles. The predicted molar refractivity (Wildman–Crippen MR) is 51.1 cm³/mol. The highest BCUT2D eigenvalue weighted by Gasteiger charge is 2.05. The van der Waals surface area contributed by atoms with Gasteiger partial charge >= 0.3 is 6.08 Å². The van der Waals surface area contributed by atoms with Gasteiger partial charge in [-0.25, -0.2) is 4.39 Å². The second-order valence-electron chi connectivity index (χ2n) is 2.48. The minimum atomic E-state index is -0.609. The van der Waals surface area contributed by atoms with Crippen LogP contribution in [0.1, 0.15) is 5.56 Å². The summed E-state index contributed by atoms with van der Waals surface area (Å²) in [5, 5.41) is 8.72. The van der Waals surface area contributed by atoms with Gasteiger partial charge in [-0.2, -0.15) is 10.3 Å². The van der Waals surface area contributed by atoms with Crippen molar-refractivity contribution in [3.63, 3.8) is 0 Å². The van der Waals surface area contributed by atoms with Gasteiger partial charge in [0, 0.05) is 6.07 Å². The Labute approximate surface area is 86.6 Å². The second-order valence-corrected chi connectivity index (χ2v) is 2.48. The standard InChI is InChI=1S/C10H8FN2O2/c1-14-10(15-2)13-9-4-3-8(11)5-7(9)6-12/h4-5H,1-2H3. The van der Waals surface area contributed by atoms with Crippen molar-refractivity contribution < 1.29 is 13.9 Å². The van der Waals surface area contributed by atoms with Crippen LogP contribution in [0.5, 0.6) is 0 Å². The maximum Gasteiger partial charge on any atom is 0.388 e. The van der Waals surface area contributed by atoms with Crippen molar-refractivity contribution in [3.8, 4) is 6.07 Å². The summed E-state index contributed by atoms with van der Waals surface area (Å²) in [4.78, 5) is 3.86. The second kappa shape index (κ2) is 4.96. The molecule has 4 nitrogen and oxygen atoms in total. The third-order valence-electron chi connectivity index (χ3n) is 1.58. The lowest BCUT2D eigenvalue weighted by molar-refractivity contribution is 0.243. The summed E-state index contributed by atoms with van der Waals surface area (Å²) in [6, 6.07) is 6.40. The zero-order valence-corrected chi connectivity index (χ0v) is 8.24. The number of aliphatic imine (C=N–C) groups is 1. The molecule has 5 heteroatoms. The minimum absolute atomic E-state index is 0.00786. The van der Waals surface area contributed by atoms with E-state index in [0.717, 1.165) is 6.07 Å². The summed E-state index contributed by atoms with van der Waals surface area (Å²) >= 11 is 0. The molecule has 0 bridgehead atoms. The fraction of sp³-hybridized carbons (Fsp3) is 0.200. The fourth-order valence-corrected chi connectivity index (χ4v) is 0.912. The average Bonchev–Trinajstić information content (AvgIpc) is 2.27. The molecule has 0 unspecified atom stereocenters. The Bertz CT molecular complexity index is 418. The molecule has 1 aromatic rings. The fourth-order valence-electron chi connectivity index (χ4n) is 0.912. The van der Waals surface area contributed by atoms with Crippen LogP contribution in [0.2, 0.25) is 0 Å². The monoisotopic (exact) mass is 207 g/mol. The van der Waals surface area contributed by atoms with E-state index in [1.807, 2.05) is 6.07 Å². The molecule has 0 saturated heterocycles. The van der Waals surface area contributed by atoms with Crippen LogP contribution >= 0.6 is 0 Å². The van der Waals surface area contributed by atoms with Gasteiger partial charge in [0.05, 0.1) is 25.5 Å². The number of ether oxygens (including phenoxy) is 2. The van der Waals surface area contributed by atoms with Crippen LogP contribution in [-0.2, 0) is 9.47 Å². The molecule has 0 heterocycles. The van der Waals surface area contributed by atoms with E-state index in [9.17, 15) is 4.39 Å². The first-order chi connectivity index (χ1) is 7.21. The molecule has 0 N–H and O–H groups in total. The molecule has 15 heavy (non-hydrogen) atoms. The molecule has 0 aliphatic rings. The van der Waals surface area contributed by atoms with Crippen LogP contribution in [0.4, 0.5) is 10.1 Å².